The van der Waals surface area contributed by atoms with E-state index in [0.29, 0.717) is 53.7 Å². The van der Waals surface area contributed by atoms with Crippen LogP contribution in [0.25, 0.3) is 0 Å². The quantitative estimate of drug-likeness (QED) is 0.289. The Morgan fingerprint density at radius 2 is 1.88 bits per heavy atom. The van der Waals surface area contributed by atoms with Crippen molar-refractivity contribution in [3.05, 3.63) is 94.8 Å². The van der Waals surface area contributed by atoms with Crippen LogP contribution in [-0.4, -0.2) is 57.0 Å². The van der Waals surface area contributed by atoms with Gasteiger partial charge in [0.25, 0.3) is 15.9 Å². The van der Waals surface area contributed by atoms with E-state index in [9.17, 15) is 8.42 Å². The number of pyridine rings is 1. The largest absolute Gasteiger partial charge is 0.497 e. The Morgan fingerprint density at radius 3 is 2.56 bits per heavy atom. The predicted octanol–water partition coefficient (Wildman–Crippen LogP) is 4.28. The molecule has 0 spiro atoms. The summed E-state index contributed by atoms with van der Waals surface area (Å²) in [5, 5.41) is 3.45. The van der Waals surface area contributed by atoms with Gasteiger partial charge >= 0.3 is 0 Å². The molecule has 0 aliphatic carbocycles. The maximum Gasteiger partial charge on any atom is 0.271 e. The van der Waals surface area contributed by atoms with Crippen molar-refractivity contribution in [3.63, 3.8) is 0 Å². The summed E-state index contributed by atoms with van der Waals surface area (Å²) in [7, 11) is 0.351. The number of ether oxygens (including phenoxy) is 2. The zero-order chi connectivity index (χ0) is 30.4. The van der Waals surface area contributed by atoms with Crippen molar-refractivity contribution in [2.45, 2.75) is 35.9 Å². The Labute approximate surface area is 254 Å². The van der Waals surface area contributed by atoms with Gasteiger partial charge < -0.3 is 19.2 Å². The molecule has 2 aliphatic rings. The number of rotatable bonds is 9. The molecule has 4 aromatic rings. The second-order valence-corrected chi connectivity index (χ2v) is 12.5. The molecule has 2 atom stereocenters. The van der Waals surface area contributed by atoms with Crippen LogP contribution in [0.15, 0.2) is 76.5 Å². The molecule has 11 nitrogen and oxygen atoms in total. The molecule has 224 valence electrons. The van der Waals surface area contributed by atoms with Gasteiger partial charge in [0.1, 0.15) is 12.0 Å². The van der Waals surface area contributed by atoms with Crippen LogP contribution in [0.1, 0.15) is 41.5 Å². The first-order chi connectivity index (χ1) is 20.8. The van der Waals surface area contributed by atoms with Crippen LogP contribution >= 0.6 is 11.6 Å². The number of methoxy groups -OCH3 is 2. The standard InChI is InChI=1S/C30H30ClN5O6S/c1-32-17-19-15-24(27(41-3)34-18-19)30(35-13-4-5-26(35)28-33-12-14-42-28)23-16-20(31)6-11-25(23)36(29(30)37)43(38,39)22-9-7-21(40-2)8-10-22/h6-12,14-16,18,26,32H,4-5,13,17H2,1-3H3. The minimum absolute atomic E-state index is 0.0713. The van der Waals surface area contributed by atoms with Gasteiger partial charge in [-0.05, 0) is 74.0 Å². The average molecular weight is 624 g/mol. The molecule has 2 aliphatic heterocycles. The van der Waals surface area contributed by atoms with E-state index in [1.165, 1.54) is 44.7 Å². The van der Waals surface area contributed by atoms with Crippen molar-refractivity contribution >= 4 is 33.2 Å². The number of anilines is 1. The van der Waals surface area contributed by atoms with E-state index in [0.717, 1.165) is 9.87 Å². The molecule has 0 radical (unpaired) electrons. The van der Waals surface area contributed by atoms with E-state index in [-0.39, 0.29) is 16.5 Å². The average Bonchev–Trinajstić information content (AvgIpc) is 3.76. The number of hydrogen-bond acceptors (Lipinski definition) is 10. The molecule has 1 amide bonds. The first-order valence-electron chi connectivity index (χ1n) is 13.6. The van der Waals surface area contributed by atoms with Crippen molar-refractivity contribution in [2.24, 2.45) is 0 Å². The Kier molecular flexibility index (Phi) is 7.63. The molecular weight excluding hydrogens is 594 g/mol. The summed E-state index contributed by atoms with van der Waals surface area (Å²) in [6, 6.07) is 12.1. The molecular formula is C30H30ClN5O6S. The second-order valence-electron chi connectivity index (χ2n) is 10.3. The SMILES string of the molecule is CNCc1cnc(OC)c(C2(N3CCCC3c3ncco3)C(=O)N(S(=O)(=O)c3ccc(OC)cc3)c3ccc(Cl)cc32)c1. The van der Waals surface area contributed by atoms with Gasteiger partial charge in [-0.3, -0.25) is 9.69 Å². The van der Waals surface area contributed by atoms with Gasteiger partial charge in [0.05, 0.1) is 37.0 Å². The minimum Gasteiger partial charge on any atom is -0.497 e. The van der Waals surface area contributed by atoms with Crippen LogP contribution in [0.5, 0.6) is 11.6 Å². The first kappa shape index (κ1) is 29.1. The zero-order valence-electron chi connectivity index (χ0n) is 23.8. The molecule has 1 fully saturated rings. The summed E-state index contributed by atoms with van der Waals surface area (Å²) < 4.78 is 46.4. The highest BCUT2D eigenvalue weighted by Gasteiger charge is 2.63. The predicted molar refractivity (Wildman–Crippen MR) is 159 cm³/mol. The maximum atomic E-state index is 15.3. The van der Waals surface area contributed by atoms with E-state index in [1.54, 1.807) is 37.6 Å². The van der Waals surface area contributed by atoms with Gasteiger partial charge in [-0.15, -0.1) is 0 Å². The molecule has 6 rings (SSSR count). The summed E-state index contributed by atoms with van der Waals surface area (Å²) >= 11 is 6.60. The van der Waals surface area contributed by atoms with Gasteiger partial charge in [0, 0.05) is 35.4 Å². The Balaban J connectivity index is 1.67. The fraction of sp³-hybridized carbons (Fsp3) is 0.300. The summed E-state index contributed by atoms with van der Waals surface area (Å²) in [5.74, 6) is 0.376. The van der Waals surface area contributed by atoms with Crippen LogP contribution < -0.4 is 19.1 Å². The van der Waals surface area contributed by atoms with Gasteiger partial charge in [-0.2, -0.15) is 0 Å². The Morgan fingerprint density at radius 1 is 1.09 bits per heavy atom. The number of oxazole rings is 1. The molecule has 4 heterocycles. The number of carbonyl (C=O) groups is 1. The number of benzene rings is 2. The Hall–Kier alpha value is -3.97. The third kappa shape index (κ3) is 4.56. The number of aromatic nitrogens is 2. The number of likely N-dealkylation sites (tertiary alicyclic amines) is 1. The summed E-state index contributed by atoms with van der Waals surface area (Å²) in [6.45, 7) is 0.883. The van der Waals surface area contributed by atoms with E-state index in [1.807, 2.05) is 11.0 Å². The number of nitrogens with zero attached hydrogens (tertiary/aromatic N) is 4. The zero-order valence-corrected chi connectivity index (χ0v) is 25.4. The van der Waals surface area contributed by atoms with Crippen molar-refractivity contribution in [1.29, 1.82) is 0 Å². The van der Waals surface area contributed by atoms with Crippen molar-refractivity contribution in [3.8, 4) is 11.6 Å². The minimum atomic E-state index is -4.41. The lowest BCUT2D eigenvalue weighted by Gasteiger charge is -2.41. The Bertz CT molecular complexity index is 1770. The number of fused-ring (bicyclic) bond motifs is 1. The molecule has 0 saturated carbocycles. The van der Waals surface area contributed by atoms with Gasteiger partial charge in [0.2, 0.25) is 11.8 Å². The van der Waals surface area contributed by atoms with Gasteiger partial charge in [-0.1, -0.05) is 11.6 Å². The number of sulfonamides is 1. The van der Waals surface area contributed by atoms with Crippen molar-refractivity contribution in [1.82, 2.24) is 20.2 Å². The number of hydrogen-bond donors (Lipinski definition) is 1. The highest BCUT2D eigenvalue weighted by atomic mass is 35.5. The first-order valence-corrected chi connectivity index (χ1v) is 15.5. The second kappa shape index (κ2) is 11.3. The fourth-order valence-corrected chi connectivity index (χ4v) is 7.80. The van der Waals surface area contributed by atoms with E-state index in [4.69, 9.17) is 25.5 Å². The lowest BCUT2D eigenvalue weighted by Crippen LogP contribution is -2.54. The van der Waals surface area contributed by atoms with Crippen LogP contribution in [0, 0.1) is 0 Å². The van der Waals surface area contributed by atoms with Crippen molar-refractivity contribution < 1.29 is 27.1 Å². The van der Waals surface area contributed by atoms with E-state index in [2.05, 4.69) is 15.3 Å². The third-order valence-corrected chi connectivity index (χ3v) is 9.90. The van der Waals surface area contributed by atoms with Crippen LogP contribution in [0.3, 0.4) is 0 Å². The molecule has 1 N–H and O–H groups in total. The van der Waals surface area contributed by atoms with Crippen LogP contribution in [-0.2, 0) is 26.9 Å². The van der Waals surface area contributed by atoms with E-state index >= 15 is 4.79 Å². The van der Waals surface area contributed by atoms with E-state index < -0.39 is 27.5 Å². The molecule has 1 saturated heterocycles. The summed E-state index contributed by atoms with van der Waals surface area (Å²) in [4.78, 5) is 26.1. The normalized spacial score (nSPS) is 20.4. The summed E-state index contributed by atoms with van der Waals surface area (Å²) in [6.07, 6.45) is 6.02. The smallest absolute Gasteiger partial charge is 0.271 e. The van der Waals surface area contributed by atoms with Crippen LogP contribution in [0.4, 0.5) is 5.69 Å². The van der Waals surface area contributed by atoms with Gasteiger partial charge in [-0.25, -0.2) is 22.7 Å². The number of halogens is 1. The molecule has 2 aromatic carbocycles. The molecule has 43 heavy (non-hydrogen) atoms. The highest BCUT2D eigenvalue weighted by molar-refractivity contribution is 7.93. The number of nitrogens with one attached hydrogen (secondary N) is 1. The molecule has 2 aromatic heterocycles. The van der Waals surface area contributed by atoms with Crippen LogP contribution in [0.2, 0.25) is 5.02 Å². The number of carbonyl (C=O) groups excluding carboxylic acids is 1. The lowest BCUT2D eigenvalue weighted by molar-refractivity contribution is -0.127. The lowest BCUT2D eigenvalue weighted by atomic mass is 9.81. The topological polar surface area (TPSA) is 127 Å². The molecule has 0 bridgehead atoms. The highest BCUT2D eigenvalue weighted by Crippen LogP contribution is 2.56. The monoisotopic (exact) mass is 623 g/mol. The molecule has 13 heteroatoms. The van der Waals surface area contributed by atoms with Gasteiger partial charge in [0.15, 0.2) is 5.54 Å². The fourth-order valence-electron chi connectivity index (χ4n) is 6.17. The van der Waals surface area contributed by atoms with Crippen molar-refractivity contribution in [2.75, 3.05) is 32.1 Å². The summed E-state index contributed by atoms with van der Waals surface area (Å²) in [5.41, 5.74) is 0.0310. The maximum absolute atomic E-state index is 15.3. The number of amides is 1. The third-order valence-electron chi connectivity index (χ3n) is 7.95. The molecule has 2 unspecified atom stereocenters.